The van der Waals surface area contributed by atoms with Crippen molar-refractivity contribution in [2.75, 3.05) is 31.6 Å². The maximum atomic E-state index is 13.1. The number of carbonyl (C=O) groups excluding carboxylic acids is 1. The molecule has 1 saturated heterocycles. The smallest absolute Gasteiger partial charge is 0.254 e. The van der Waals surface area contributed by atoms with Crippen molar-refractivity contribution < 1.29 is 9.53 Å². The molecule has 0 aliphatic carbocycles. The number of anilines is 1. The van der Waals surface area contributed by atoms with Crippen LogP contribution in [0.1, 0.15) is 40.2 Å². The van der Waals surface area contributed by atoms with Crippen LogP contribution in [-0.2, 0) is 17.7 Å². The molecule has 1 fully saturated rings. The van der Waals surface area contributed by atoms with Crippen LogP contribution < -0.4 is 4.90 Å². The van der Waals surface area contributed by atoms with Crippen molar-refractivity contribution in [2.45, 2.75) is 38.8 Å². The quantitative estimate of drug-likeness (QED) is 0.671. The summed E-state index contributed by atoms with van der Waals surface area (Å²) in [4.78, 5) is 21.9. The summed E-state index contributed by atoms with van der Waals surface area (Å²) in [6, 6.07) is 10.0. The minimum Gasteiger partial charge on any atom is -0.381 e. The maximum absolute atomic E-state index is 13.1. The number of fused-ring (bicyclic) bond motifs is 3. The number of amides is 1. The standard InChI is InChI=1S/C23H27N5O2/c1-16-13-22-24-14-18-15-27(12-9-21(18)28(22)25-16)23(29)17-3-5-19(6-4-17)26-10-7-20(30-2)8-11-26/h3-6,13-14,20H,7-12,15H2,1-2H3. The fraction of sp³-hybridized carbons (Fsp3) is 0.435. The molecule has 2 aromatic heterocycles. The highest BCUT2D eigenvalue weighted by Gasteiger charge is 2.25. The van der Waals surface area contributed by atoms with E-state index in [0.29, 0.717) is 19.2 Å². The Morgan fingerprint density at radius 2 is 1.90 bits per heavy atom. The first-order chi connectivity index (χ1) is 14.6. The van der Waals surface area contributed by atoms with Crippen LogP contribution in [0.3, 0.4) is 0 Å². The molecule has 3 aromatic rings. The number of ether oxygens (including phenoxy) is 1. The number of methoxy groups -OCH3 is 1. The van der Waals surface area contributed by atoms with Gasteiger partial charge in [0.05, 0.1) is 17.5 Å². The number of piperidine rings is 1. The van der Waals surface area contributed by atoms with Gasteiger partial charge < -0.3 is 14.5 Å². The van der Waals surface area contributed by atoms with Crippen molar-refractivity contribution in [1.29, 1.82) is 0 Å². The Balaban J connectivity index is 1.29. The highest BCUT2D eigenvalue weighted by atomic mass is 16.5. The molecule has 2 aliphatic heterocycles. The average Bonchev–Trinajstić information content (AvgIpc) is 3.19. The van der Waals surface area contributed by atoms with Crippen molar-refractivity contribution in [1.82, 2.24) is 19.5 Å². The predicted octanol–water partition coefficient (Wildman–Crippen LogP) is 2.85. The molecule has 0 bridgehead atoms. The fourth-order valence-electron chi connectivity index (χ4n) is 4.58. The van der Waals surface area contributed by atoms with Gasteiger partial charge in [-0.2, -0.15) is 5.10 Å². The molecule has 1 aromatic carbocycles. The molecule has 30 heavy (non-hydrogen) atoms. The molecule has 156 valence electrons. The number of aryl methyl sites for hydroxylation is 1. The highest BCUT2D eigenvalue weighted by Crippen LogP contribution is 2.24. The summed E-state index contributed by atoms with van der Waals surface area (Å²) in [6.45, 7) is 5.22. The van der Waals surface area contributed by atoms with Gasteiger partial charge in [0.2, 0.25) is 0 Å². The van der Waals surface area contributed by atoms with Gasteiger partial charge in [-0.1, -0.05) is 0 Å². The number of nitrogens with zero attached hydrogens (tertiary/aromatic N) is 5. The summed E-state index contributed by atoms with van der Waals surface area (Å²) in [7, 11) is 1.79. The van der Waals surface area contributed by atoms with Gasteiger partial charge in [-0.05, 0) is 44.0 Å². The molecule has 0 spiro atoms. The second-order valence-electron chi connectivity index (χ2n) is 8.23. The minimum absolute atomic E-state index is 0.0713. The summed E-state index contributed by atoms with van der Waals surface area (Å²) in [5, 5.41) is 4.56. The zero-order valence-electron chi connectivity index (χ0n) is 17.5. The second kappa shape index (κ2) is 7.72. The SMILES string of the molecule is COC1CCN(c2ccc(C(=O)N3CCc4c(cnc5cc(C)nn45)C3)cc2)CC1. The van der Waals surface area contributed by atoms with Gasteiger partial charge in [-0.25, -0.2) is 9.50 Å². The Morgan fingerprint density at radius 3 is 2.63 bits per heavy atom. The van der Waals surface area contributed by atoms with E-state index in [0.717, 1.165) is 60.5 Å². The van der Waals surface area contributed by atoms with E-state index in [4.69, 9.17) is 4.74 Å². The maximum Gasteiger partial charge on any atom is 0.254 e. The van der Waals surface area contributed by atoms with Crippen LogP contribution >= 0.6 is 0 Å². The van der Waals surface area contributed by atoms with E-state index in [-0.39, 0.29) is 5.91 Å². The molecular weight excluding hydrogens is 378 g/mol. The molecule has 0 unspecified atom stereocenters. The van der Waals surface area contributed by atoms with Gasteiger partial charge in [0, 0.05) is 68.8 Å². The third kappa shape index (κ3) is 3.43. The lowest BCUT2D eigenvalue weighted by Crippen LogP contribution is -2.37. The van der Waals surface area contributed by atoms with Crippen molar-refractivity contribution in [3.8, 4) is 0 Å². The third-order valence-electron chi connectivity index (χ3n) is 6.31. The minimum atomic E-state index is 0.0713. The molecule has 0 radical (unpaired) electrons. The first-order valence-corrected chi connectivity index (χ1v) is 10.6. The summed E-state index contributed by atoms with van der Waals surface area (Å²) in [6.07, 6.45) is 5.12. The van der Waals surface area contributed by atoms with E-state index in [2.05, 4.69) is 27.1 Å². The molecule has 1 amide bonds. The van der Waals surface area contributed by atoms with E-state index >= 15 is 0 Å². The predicted molar refractivity (Wildman–Crippen MR) is 115 cm³/mol. The van der Waals surface area contributed by atoms with Crippen LogP contribution in [-0.4, -0.2) is 58.3 Å². The average molecular weight is 406 g/mol. The van der Waals surface area contributed by atoms with Crippen molar-refractivity contribution in [3.63, 3.8) is 0 Å². The van der Waals surface area contributed by atoms with E-state index in [1.54, 1.807) is 7.11 Å². The van der Waals surface area contributed by atoms with E-state index in [9.17, 15) is 4.79 Å². The molecule has 0 saturated carbocycles. The molecule has 5 rings (SSSR count). The van der Waals surface area contributed by atoms with Crippen molar-refractivity contribution in [3.05, 3.63) is 59.0 Å². The van der Waals surface area contributed by atoms with E-state index in [1.165, 1.54) is 5.69 Å². The molecule has 0 atom stereocenters. The van der Waals surface area contributed by atoms with Crippen LogP contribution in [0.5, 0.6) is 0 Å². The van der Waals surface area contributed by atoms with Crippen LogP contribution in [0.4, 0.5) is 5.69 Å². The fourth-order valence-corrected chi connectivity index (χ4v) is 4.58. The van der Waals surface area contributed by atoms with Gasteiger partial charge in [-0.15, -0.1) is 0 Å². The lowest BCUT2D eigenvalue weighted by atomic mass is 10.0. The number of benzene rings is 1. The number of hydrogen-bond donors (Lipinski definition) is 0. The van der Waals surface area contributed by atoms with Gasteiger partial charge in [0.25, 0.3) is 5.91 Å². The number of aromatic nitrogens is 3. The van der Waals surface area contributed by atoms with Crippen LogP contribution in [0.2, 0.25) is 0 Å². The van der Waals surface area contributed by atoms with Gasteiger partial charge in [0.15, 0.2) is 5.65 Å². The van der Waals surface area contributed by atoms with Crippen LogP contribution in [0.15, 0.2) is 36.5 Å². The highest BCUT2D eigenvalue weighted by molar-refractivity contribution is 5.94. The molecule has 2 aliphatic rings. The first-order valence-electron chi connectivity index (χ1n) is 10.6. The molecular formula is C23H27N5O2. The van der Waals surface area contributed by atoms with Gasteiger partial charge in [0.1, 0.15) is 0 Å². The van der Waals surface area contributed by atoms with Crippen molar-refractivity contribution in [2.24, 2.45) is 0 Å². The normalized spacial score (nSPS) is 17.4. The Bertz CT molecular complexity index is 1070. The Morgan fingerprint density at radius 1 is 1.13 bits per heavy atom. The zero-order chi connectivity index (χ0) is 20.7. The molecule has 0 N–H and O–H groups in total. The Kier molecular flexibility index (Phi) is 4.90. The lowest BCUT2D eigenvalue weighted by molar-refractivity contribution is 0.0732. The lowest BCUT2D eigenvalue weighted by Gasteiger charge is -2.33. The first kappa shape index (κ1) is 19.1. The topological polar surface area (TPSA) is 63.0 Å². The largest absolute Gasteiger partial charge is 0.381 e. The zero-order valence-corrected chi connectivity index (χ0v) is 17.5. The number of rotatable bonds is 3. The molecule has 4 heterocycles. The number of hydrogen-bond acceptors (Lipinski definition) is 5. The molecule has 7 heteroatoms. The summed E-state index contributed by atoms with van der Waals surface area (Å²) in [5.74, 6) is 0.0713. The van der Waals surface area contributed by atoms with E-state index in [1.807, 2.05) is 40.7 Å². The monoisotopic (exact) mass is 405 g/mol. The molecule has 7 nitrogen and oxygen atoms in total. The summed E-state index contributed by atoms with van der Waals surface area (Å²) >= 11 is 0. The Hall–Kier alpha value is -2.93. The summed E-state index contributed by atoms with van der Waals surface area (Å²) < 4.78 is 7.38. The third-order valence-corrected chi connectivity index (χ3v) is 6.31. The Labute approximate surface area is 176 Å². The van der Waals surface area contributed by atoms with Crippen LogP contribution in [0, 0.1) is 6.92 Å². The van der Waals surface area contributed by atoms with Gasteiger partial charge in [-0.3, -0.25) is 4.79 Å². The van der Waals surface area contributed by atoms with Crippen molar-refractivity contribution >= 4 is 17.2 Å². The second-order valence-corrected chi connectivity index (χ2v) is 8.23. The number of carbonyl (C=O) groups is 1. The summed E-state index contributed by atoms with van der Waals surface area (Å²) in [5.41, 5.74) is 5.97. The van der Waals surface area contributed by atoms with Gasteiger partial charge >= 0.3 is 0 Å². The van der Waals surface area contributed by atoms with E-state index < -0.39 is 0 Å². The van der Waals surface area contributed by atoms with Crippen LogP contribution in [0.25, 0.3) is 5.65 Å².